The number of carboxylic acid groups (broad SMARTS) is 2. The quantitative estimate of drug-likeness (QED) is 0.818. The van der Waals surface area contributed by atoms with E-state index in [2.05, 4.69) is 0 Å². The van der Waals surface area contributed by atoms with Crippen LogP contribution in [0, 0.1) is 5.92 Å². The van der Waals surface area contributed by atoms with Crippen LogP contribution in [0.2, 0.25) is 0 Å². The van der Waals surface area contributed by atoms with Crippen molar-refractivity contribution in [2.75, 3.05) is 6.54 Å². The van der Waals surface area contributed by atoms with Crippen LogP contribution in [0.25, 0.3) is 0 Å². The second kappa shape index (κ2) is 8.03. The van der Waals surface area contributed by atoms with E-state index in [9.17, 15) is 24.6 Å². The zero-order chi connectivity index (χ0) is 19.4. The van der Waals surface area contributed by atoms with Gasteiger partial charge >= 0.3 is 11.9 Å². The van der Waals surface area contributed by atoms with Crippen molar-refractivity contribution in [2.24, 2.45) is 5.92 Å². The number of hydrogen-bond donors (Lipinski definition) is 2. The fourth-order valence-corrected chi connectivity index (χ4v) is 3.47. The molecule has 0 saturated heterocycles. The summed E-state index contributed by atoms with van der Waals surface area (Å²) in [5.74, 6) is -2.96. The van der Waals surface area contributed by atoms with Crippen LogP contribution in [-0.2, 0) is 29.0 Å². The normalized spacial score (nSPS) is 16.5. The first-order valence-electron chi connectivity index (χ1n) is 8.83. The third kappa shape index (κ3) is 4.53. The van der Waals surface area contributed by atoms with Gasteiger partial charge in [0.2, 0.25) is 5.91 Å². The van der Waals surface area contributed by atoms with Crippen LogP contribution < -0.4 is 0 Å². The minimum absolute atomic E-state index is 0.146. The third-order valence-corrected chi connectivity index (χ3v) is 4.88. The molecule has 6 nitrogen and oxygen atoms in total. The highest BCUT2D eigenvalue weighted by Gasteiger charge is 2.31. The molecule has 6 heteroatoms. The van der Waals surface area contributed by atoms with Gasteiger partial charge in [0.15, 0.2) is 0 Å². The molecule has 1 aliphatic heterocycles. The molecule has 0 unspecified atom stereocenters. The lowest BCUT2D eigenvalue weighted by atomic mass is 9.93. The summed E-state index contributed by atoms with van der Waals surface area (Å²) < 4.78 is 0. The van der Waals surface area contributed by atoms with Gasteiger partial charge in [-0.3, -0.25) is 9.59 Å². The summed E-state index contributed by atoms with van der Waals surface area (Å²) in [6, 6.07) is 14.6. The zero-order valence-corrected chi connectivity index (χ0v) is 14.8. The first-order valence-corrected chi connectivity index (χ1v) is 8.83. The van der Waals surface area contributed by atoms with Crippen molar-refractivity contribution in [3.63, 3.8) is 0 Å². The minimum Gasteiger partial charge on any atom is -0.481 e. The highest BCUT2D eigenvalue weighted by Crippen LogP contribution is 2.26. The number of carbonyl (C=O) groups is 3. The van der Waals surface area contributed by atoms with Crippen LogP contribution in [-0.4, -0.2) is 39.5 Å². The number of carbonyl (C=O) groups excluding carboxylic acids is 1. The molecule has 3 rings (SSSR count). The van der Waals surface area contributed by atoms with E-state index in [1.54, 1.807) is 17.0 Å². The van der Waals surface area contributed by atoms with Crippen molar-refractivity contribution in [1.29, 1.82) is 0 Å². The maximum absolute atomic E-state index is 12.9. The molecule has 0 bridgehead atoms. The SMILES string of the molecule is O=C(O)C[C@H]1Cc2cc(C(=O)O)ccc2CN(CCc2ccccc2)C1=O. The van der Waals surface area contributed by atoms with Crippen molar-refractivity contribution >= 4 is 17.8 Å². The molecule has 140 valence electrons. The number of aromatic carboxylic acids is 1. The van der Waals surface area contributed by atoms with Crippen LogP contribution in [0.3, 0.4) is 0 Å². The third-order valence-electron chi connectivity index (χ3n) is 4.88. The molecule has 0 radical (unpaired) electrons. The van der Waals surface area contributed by atoms with E-state index >= 15 is 0 Å². The van der Waals surface area contributed by atoms with Gasteiger partial charge in [0, 0.05) is 13.1 Å². The van der Waals surface area contributed by atoms with Gasteiger partial charge in [0.05, 0.1) is 17.9 Å². The summed E-state index contributed by atoms with van der Waals surface area (Å²) in [7, 11) is 0. The van der Waals surface area contributed by atoms with Crippen molar-refractivity contribution in [3.8, 4) is 0 Å². The van der Waals surface area contributed by atoms with Gasteiger partial charge < -0.3 is 15.1 Å². The largest absolute Gasteiger partial charge is 0.481 e. The molecule has 0 aromatic heterocycles. The Kier molecular flexibility index (Phi) is 5.54. The first-order chi connectivity index (χ1) is 12.9. The maximum Gasteiger partial charge on any atom is 0.335 e. The molecule has 2 aromatic rings. The Morgan fingerprint density at radius 3 is 2.44 bits per heavy atom. The van der Waals surface area contributed by atoms with Crippen LogP contribution in [0.15, 0.2) is 48.5 Å². The average molecular weight is 367 g/mol. The van der Waals surface area contributed by atoms with Gasteiger partial charge in [-0.05, 0) is 41.7 Å². The standard InChI is InChI=1S/C21H21NO5/c23-19(24)12-18-11-17-10-15(21(26)27)6-7-16(17)13-22(20(18)25)9-8-14-4-2-1-3-5-14/h1-7,10,18H,8-9,11-13H2,(H,23,24)(H,26,27)/t18-/m1/s1. The molecule has 0 spiro atoms. The number of carboxylic acids is 2. The van der Waals surface area contributed by atoms with E-state index in [-0.39, 0.29) is 24.3 Å². The van der Waals surface area contributed by atoms with E-state index in [0.717, 1.165) is 16.7 Å². The number of rotatable bonds is 6. The van der Waals surface area contributed by atoms with Gasteiger partial charge in [0.1, 0.15) is 0 Å². The van der Waals surface area contributed by atoms with Gasteiger partial charge in [-0.1, -0.05) is 36.4 Å². The van der Waals surface area contributed by atoms with Crippen molar-refractivity contribution in [2.45, 2.75) is 25.8 Å². The number of fused-ring (bicyclic) bond motifs is 1. The summed E-state index contributed by atoms with van der Waals surface area (Å²) in [5.41, 5.74) is 2.85. The lowest BCUT2D eigenvalue weighted by Gasteiger charge is -2.24. The molecule has 1 atom stereocenters. The molecular weight excluding hydrogens is 346 g/mol. The Morgan fingerprint density at radius 1 is 1.04 bits per heavy atom. The lowest BCUT2D eigenvalue weighted by Crippen LogP contribution is -2.37. The Hall–Kier alpha value is -3.15. The molecule has 0 saturated carbocycles. The van der Waals surface area contributed by atoms with Crippen LogP contribution >= 0.6 is 0 Å². The van der Waals surface area contributed by atoms with Gasteiger partial charge in [-0.2, -0.15) is 0 Å². The monoisotopic (exact) mass is 367 g/mol. The fourth-order valence-electron chi connectivity index (χ4n) is 3.47. The van der Waals surface area contributed by atoms with Gasteiger partial charge in [0.25, 0.3) is 0 Å². The van der Waals surface area contributed by atoms with E-state index in [1.165, 1.54) is 6.07 Å². The van der Waals surface area contributed by atoms with Crippen molar-refractivity contribution < 1.29 is 24.6 Å². The van der Waals surface area contributed by atoms with Gasteiger partial charge in [-0.15, -0.1) is 0 Å². The number of hydrogen-bond acceptors (Lipinski definition) is 3. The predicted molar refractivity (Wildman–Crippen MR) is 98.4 cm³/mol. The number of benzene rings is 2. The van der Waals surface area contributed by atoms with Crippen molar-refractivity contribution in [3.05, 3.63) is 70.8 Å². The van der Waals surface area contributed by atoms with Gasteiger partial charge in [-0.25, -0.2) is 4.79 Å². The second-order valence-electron chi connectivity index (χ2n) is 6.78. The molecule has 2 N–H and O–H groups in total. The van der Waals surface area contributed by atoms with Crippen LogP contribution in [0.1, 0.15) is 33.5 Å². The number of amides is 1. The molecule has 1 aliphatic rings. The summed E-state index contributed by atoms with van der Waals surface area (Å²) in [4.78, 5) is 37.1. The number of nitrogens with zero attached hydrogens (tertiary/aromatic N) is 1. The lowest BCUT2D eigenvalue weighted by molar-refractivity contribution is -0.144. The Labute approximate surface area is 157 Å². The minimum atomic E-state index is -1.04. The zero-order valence-electron chi connectivity index (χ0n) is 14.8. The van der Waals surface area contributed by atoms with Crippen LogP contribution in [0.5, 0.6) is 0 Å². The number of aliphatic carboxylic acids is 1. The molecular formula is C21H21NO5. The summed E-state index contributed by atoms with van der Waals surface area (Å²) in [6.45, 7) is 0.843. The summed E-state index contributed by atoms with van der Waals surface area (Å²) in [5, 5.41) is 18.4. The smallest absolute Gasteiger partial charge is 0.335 e. The van der Waals surface area contributed by atoms with E-state index < -0.39 is 17.9 Å². The molecule has 1 heterocycles. The van der Waals surface area contributed by atoms with Crippen molar-refractivity contribution in [1.82, 2.24) is 4.90 Å². The van der Waals surface area contributed by atoms with E-state index in [0.29, 0.717) is 19.5 Å². The van der Waals surface area contributed by atoms with Crippen LogP contribution in [0.4, 0.5) is 0 Å². The Morgan fingerprint density at radius 2 is 1.78 bits per heavy atom. The fraction of sp³-hybridized carbons (Fsp3) is 0.286. The molecule has 0 fully saturated rings. The second-order valence-corrected chi connectivity index (χ2v) is 6.78. The summed E-state index contributed by atoms with van der Waals surface area (Å²) >= 11 is 0. The summed E-state index contributed by atoms with van der Waals surface area (Å²) in [6.07, 6.45) is 0.649. The molecule has 27 heavy (non-hydrogen) atoms. The predicted octanol–water partition coefficient (Wildman–Crippen LogP) is 2.60. The molecule has 0 aliphatic carbocycles. The highest BCUT2D eigenvalue weighted by atomic mass is 16.4. The van der Waals surface area contributed by atoms with E-state index in [1.807, 2.05) is 30.3 Å². The maximum atomic E-state index is 12.9. The average Bonchev–Trinajstić information content (AvgIpc) is 2.77. The molecule has 1 amide bonds. The Bertz CT molecular complexity index is 862. The highest BCUT2D eigenvalue weighted by molar-refractivity contribution is 5.88. The Balaban J connectivity index is 1.87. The topological polar surface area (TPSA) is 94.9 Å². The first kappa shape index (κ1) is 18.6. The molecule has 2 aromatic carbocycles. The van der Waals surface area contributed by atoms with E-state index in [4.69, 9.17) is 0 Å².